The Bertz CT molecular complexity index is 417. The minimum Gasteiger partial charge on any atom is -0.399 e. The second-order valence-electron chi connectivity index (χ2n) is 3.68. The van der Waals surface area contributed by atoms with Crippen molar-refractivity contribution in [2.24, 2.45) is 0 Å². The average molecular weight is 216 g/mol. The summed E-state index contributed by atoms with van der Waals surface area (Å²) in [4.78, 5) is 0. The zero-order valence-corrected chi connectivity index (χ0v) is 9.67. The van der Waals surface area contributed by atoms with Crippen LogP contribution in [0.25, 0.3) is 0 Å². The molecule has 1 aromatic carbocycles. The minimum atomic E-state index is -0.788. The lowest BCUT2D eigenvalue weighted by Gasteiger charge is -2.05. The summed E-state index contributed by atoms with van der Waals surface area (Å²) >= 11 is 6.01. The molecule has 0 atom stereocenters. The molecule has 1 aromatic rings. The van der Waals surface area contributed by atoms with Gasteiger partial charge in [0.05, 0.1) is 5.02 Å². The molecule has 0 unspecified atom stereocenters. The highest BCUT2D eigenvalue weighted by Gasteiger charge is 1.97. The first-order chi connectivity index (χ1) is 5.88. The molecule has 0 saturated heterocycles. The van der Waals surface area contributed by atoms with Crippen LogP contribution in [-0.2, 0) is 0 Å². The molecule has 0 heterocycles. The van der Waals surface area contributed by atoms with Crippen LogP contribution < -0.4 is 5.73 Å². The van der Waals surface area contributed by atoms with Crippen molar-refractivity contribution in [3.63, 3.8) is 0 Å². The monoisotopic (exact) mass is 215 g/mol. The molecule has 0 radical (unpaired) electrons. The Morgan fingerprint density at radius 1 is 1.31 bits per heavy atom. The van der Waals surface area contributed by atoms with Crippen LogP contribution in [-0.4, -0.2) is 18.8 Å². The summed E-state index contributed by atoms with van der Waals surface area (Å²) in [5.41, 5.74) is 7.24. The maximum Gasteiger partial charge on any atom is 0.0581 e. The Morgan fingerprint density at radius 2 is 1.92 bits per heavy atom. The van der Waals surface area contributed by atoms with Gasteiger partial charge in [-0.25, -0.2) is 0 Å². The van der Waals surface area contributed by atoms with Gasteiger partial charge in [0.15, 0.2) is 0 Å². The molecule has 13 heavy (non-hydrogen) atoms. The van der Waals surface area contributed by atoms with Crippen LogP contribution >= 0.6 is 21.0 Å². The number of halogens is 1. The fourth-order valence-corrected chi connectivity index (χ4v) is 2.07. The number of hydrogen-bond donors (Lipinski definition) is 1. The zero-order chi connectivity index (χ0) is 10.1. The van der Waals surface area contributed by atoms with Crippen LogP contribution in [0, 0.1) is 5.18 Å². The van der Waals surface area contributed by atoms with E-state index in [-0.39, 0.29) is 0 Å². The molecule has 3 heteroatoms. The molecule has 1 rings (SSSR count). The number of nitrogens with two attached hydrogens (primary N) is 1. The molecule has 2 N–H and O–H groups in total. The van der Waals surface area contributed by atoms with Crippen LogP contribution in [0.2, 0.25) is 5.02 Å². The highest BCUT2D eigenvalue weighted by Crippen LogP contribution is 2.24. The van der Waals surface area contributed by atoms with Gasteiger partial charge >= 0.3 is 0 Å². The number of hydrogen-bond acceptors (Lipinski definition) is 1. The Kier molecular flexibility index (Phi) is 2.97. The summed E-state index contributed by atoms with van der Waals surface area (Å²) in [6.45, 7) is 0. The highest BCUT2D eigenvalue weighted by atomic mass is 35.5. The molecular weight excluding hydrogens is 202 g/mol. The summed E-state index contributed by atoms with van der Waals surface area (Å²) < 4.78 is 0. The lowest BCUT2D eigenvalue weighted by Crippen LogP contribution is -1.86. The van der Waals surface area contributed by atoms with E-state index in [1.165, 1.54) is 0 Å². The predicted molar refractivity (Wildman–Crippen MR) is 64.2 cm³/mol. The fourth-order valence-electron chi connectivity index (χ4n) is 0.944. The predicted octanol–water partition coefficient (Wildman–Crippen LogP) is 2.92. The van der Waals surface area contributed by atoms with Crippen LogP contribution in [0.1, 0.15) is 5.56 Å². The normalized spacial score (nSPS) is 11.1. The standard InChI is InChI=1S/C10H14ClNS/c1-13(2,3)7-8-4-5-9(12)6-10(8)11/h4-6H,12H2,1-3H3. The molecule has 0 saturated carbocycles. The Balaban J connectivity index is 3.29. The van der Waals surface area contributed by atoms with Crippen LogP contribution in [0.15, 0.2) is 18.2 Å². The van der Waals surface area contributed by atoms with Gasteiger partial charge in [0, 0.05) is 11.3 Å². The molecule has 0 spiro atoms. The van der Waals surface area contributed by atoms with Crippen molar-refractivity contribution in [3.8, 4) is 5.18 Å². The second kappa shape index (κ2) is 3.67. The van der Waals surface area contributed by atoms with E-state index in [1.807, 2.05) is 12.1 Å². The van der Waals surface area contributed by atoms with Crippen molar-refractivity contribution in [1.82, 2.24) is 0 Å². The van der Waals surface area contributed by atoms with E-state index in [0.29, 0.717) is 10.7 Å². The van der Waals surface area contributed by atoms with Crippen molar-refractivity contribution < 1.29 is 0 Å². The van der Waals surface area contributed by atoms with Gasteiger partial charge in [0.2, 0.25) is 0 Å². The third-order valence-corrected chi connectivity index (χ3v) is 2.55. The topological polar surface area (TPSA) is 26.0 Å². The lowest BCUT2D eigenvalue weighted by atomic mass is 10.2. The number of benzene rings is 1. The first-order valence-corrected chi connectivity index (χ1v) is 7.13. The lowest BCUT2D eigenvalue weighted by molar-refractivity contribution is 1.64. The van der Waals surface area contributed by atoms with Crippen molar-refractivity contribution >= 4 is 26.7 Å². The molecule has 0 aliphatic carbocycles. The molecule has 0 fully saturated rings. The van der Waals surface area contributed by atoms with Crippen LogP contribution in [0.3, 0.4) is 0 Å². The van der Waals surface area contributed by atoms with Gasteiger partial charge in [-0.1, -0.05) is 16.8 Å². The Hall–Kier alpha value is -0.560. The molecule has 72 valence electrons. The van der Waals surface area contributed by atoms with Gasteiger partial charge in [-0.05, 0) is 37.0 Å². The van der Waals surface area contributed by atoms with Crippen molar-refractivity contribution in [2.75, 3.05) is 24.5 Å². The van der Waals surface area contributed by atoms with E-state index in [4.69, 9.17) is 17.3 Å². The van der Waals surface area contributed by atoms with Crippen LogP contribution in [0.5, 0.6) is 0 Å². The summed E-state index contributed by atoms with van der Waals surface area (Å²) in [7, 11) is -0.788. The third kappa shape index (κ3) is 3.35. The molecule has 1 nitrogen and oxygen atoms in total. The maximum absolute atomic E-state index is 6.01. The first kappa shape index (κ1) is 10.5. The summed E-state index contributed by atoms with van der Waals surface area (Å²) in [6, 6.07) is 5.52. The number of anilines is 1. The van der Waals surface area contributed by atoms with E-state index in [2.05, 4.69) is 24.0 Å². The molecular formula is C10H14ClNS. The zero-order valence-electron chi connectivity index (χ0n) is 8.10. The van der Waals surface area contributed by atoms with Gasteiger partial charge in [-0.3, -0.25) is 0 Å². The molecule has 0 bridgehead atoms. The third-order valence-electron chi connectivity index (χ3n) is 1.41. The van der Waals surface area contributed by atoms with Gasteiger partial charge in [-0.2, -0.15) is 9.44 Å². The summed E-state index contributed by atoms with van der Waals surface area (Å²) in [6.07, 6.45) is 6.50. The quantitative estimate of drug-likeness (QED) is 0.662. The van der Waals surface area contributed by atoms with Crippen molar-refractivity contribution in [1.29, 1.82) is 0 Å². The van der Waals surface area contributed by atoms with Gasteiger partial charge in [0.25, 0.3) is 0 Å². The van der Waals surface area contributed by atoms with E-state index in [1.54, 1.807) is 6.07 Å². The highest BCUT2D eigenvalue weighted by molar-refractivity contribution is 8.22. The van der Waals surface area contributed by atoms with E-state index in [9.17, 15) is 0 Å². The van der Waals surface area contributed by atoms with Crippen molar-refractivity contribution in [2.45, 2.75) is 0 Å². The maximum atomic E-state index is 6.01. The van der Waals surface area contributed by atoms with Crippen LogP contribution in [0.4, 0.5) is 5.69 Å². The smallest absolute Gasteiger partial charge is 0.0581 e. The molecule has 0 aromatic heterocycles. The Morgan fingerprint density at radius 3 is 2.38 bits per heavy atom. The SMILES string of the molecule is CS(C)(C)#Cc1ccc(N)cc1Cl. The number of rotatable bonds is 0. The van der Waals surface area contributed by atoms with Crippen molar-refractivity contribution in [3.05, 3.63) is 28.8 Å². The van der Waals surface area contributed by atoms with Gasteiger partial charge in [-0.15, -0.1) is 0 Å². The minimum absolute atomic E-state index is 0.683. The van der Waals surface area contributed by atoms with E-state index >= 15 is 0 Å². The first-order valence-electron chi connectivity index (χ1n) is 3.89. The van der Waals surface area contributed by atoms with E-state index < -0.39 is 9.44 Å². The Labute approximate surface area is 85.4 Å². The average Bonchev–Trinajstić information content (AvgIpc) is 1.93. The molecule has 0 aliphatic heterocycles. The van der Waals surface area contributed by atoms with Gasteiger partial charge < -0.3 is 5.73 Å². The largest absolute Gasteiger partial charge is 0.399 e. The molecule has 0 amide bonds. The summed E-state index contributed by atoms with van der Waals surface area (Å²) in [5.74, 6) is 0. The fraction of sp³-hybridized carbons (Fsp3) is 0.300. The molecule has 0 aliphatic rings. The van der Waals surface area contributed by atoms with E-state index in [0.717, 1.165) is 5.56 Å². The second-order valence-corrected chi connectivity index (χ2v) is 7.96. The summed E-state index contributed by atoms with van der Waals surface area (Å²) in [5, 5.41) is 4.06. The number of nitrogen functional groups attached to an aromatic ring is 1. The van der Waals surface area contributed by atoms with Gasteiger partial charge in [0.1, 0.15) is 0 Å².